The molecule has 7 heteroatoms. The molecular weight excluding hydrogens is 407 g/mol. The maximum Gasteiger partial charge on any atom is 0.182 e. The Morgan fingerprint density at radius 2 is 2.17 bits per heavy atom. The summed E-state index contributed by atoms with van der Waals surface area (Å²) in [6.45, 7) is 1.23. The Morgan fingerprint density at radius 1 is 1.30 bits per heavy atom. The van der Waals surface area contributed by atoms with Crippen molar-refractivity contribution in [2.45, 2.75) is 18.6 Å². The molecule has 0 saturated heterocycles. The Kier molecular flexibility index (Phi) is 6.18. The molecule has 2 N–H and O–H groups in total. The summed E-state index contributed by atoms with van der Waals surface area (Å²) in [6, 6.07) is 11.9. The van der Waals surface area contributed by atoms with E-state index in [1.807, 2.05) is 18.2 Å². The van der Waals surface area contributed by atoms with E-state index in [1.54, 1.807) is 24.5 Å². The zero-order chi connectivity index (χ0) is 21.1. The average molecular weight is 429 g/mol. The summed E-state index contributed by atoms with van der Waals surface area (Å²) in [4.78, 5) is 4.13. The third-order valence-electron chi connectivity index (χ3n) is 5.30. The highest BCUT2D eigenvalue weighted by molar-refractivity contribution is 6.33. The van der Waals surface area contributed by atoms with Gasteiger partial charge in [0.15, 0.2) is 6.29 Å². The normalized spacial score (nSPS) is 16.5. The third kappa shape index (κ3) is 4.26. The predicted octanol–water partition coefficient (Wildman–Crippen LogP) is 5.16. The summed E-state index contributed by atoms with van der Waals surface area (Å²) in [5.41, 5.74) is 3.88. The molecule has 0 amide bonds. The summed E-state index contributed by atoms with van der Waals surface area (Å²) in [6.07, 6.45) is 3.12. The van der Waals surface area contributed by atoms with Crippen molar-refractivity contribution < 1.29 is 19.0 Å². The molecule has 0 aliphatic carbocycles. The summed E-state index contributed by atoms with van der Waals surface area (Å²) in [5, 5.41) is 13.9. The Labute approximate surface area is 179 Å². The zero-order valence-electron chi connectivity index (χ0n) is 16.4. The summed E-state index contributed by atoms with van der Waals surface area (Å²) in [7, 11) is 1.45. The predicted molar refractivity (Wildman–Crippen MR) is 114 cm³/mol. The highest BCUT2D eigenvalue weighted by Gasteiger charge is 2.23. The van der Waals surface area contributed by atoms with E-state index in [0.717, 1.165) is 29.0 Å². The van der Waals surface area contributed by atoms with Crippen molar-refractivity contribution in [2.75, 3.05) is 25.6 Å². The molecule has 0 fully saturated rings. The number of aliphatic hydroxyl groups excluding tert-OH is 1. The first-order chi connectivity index (χ1) is 14.6. The molecule has 1 aliphatic heterocycles. The second-order valence-corrected chi connectivity index (χ2v) is 7.55. The molecule has 2 atom stereocenters. The molecule has 4 rings (SSSR count). The topological polar surface area (TPSA) is 63.6 Å². The molecule has 0 saturated carbocycles. The second-order valence-electron chi connectivity index (χ2n) is 7.14. The van der Waals surface area contributed by atoms with E-state index < -0.39 is 6.29 Å². The van der Waals surface area contributed by atoms with Gasteiger partial charge in [-0.3, -0.25) is 4.98 Å². The smallest absolute Gasteiger partial charge is 0.182 e. The molecule has 1 unspecified atom stereocenters. The van der Waals surface area contributed by atoms with Crippen molar-refractivity contribution in [3.8, 4) is 16.9 Å². The van der Waals surface area contributed by atoms with Gasteiger partial charge in [0, 0.05) is 41.9 Å². The number of hydrogen-bond acceptors (Lipinski definition) is 5. The highest BCUT2D eigenvalue weighted by atomic mass is 35.5. The number of aromatic nitrogens is 1. The lowest BCUT2D eigenvalue weighted by Gasteiger charge is -2.27. The van der Waals surface area contributed by atoms with Crippen LogP contribution in [0.4, 0.5) is 10.1 Å². The Hall–Kier alpha value is -2.67. The molecule has 0 radical (unpaired) electrons. The van der Waals surface area contributed by atoms with Crippen LogP contribution in [0.25, 0.3) is 11.1 Å². The molecule has 5 nitrogen and oxygen atoms in total. The summed E-state index contributed by atoms with van der Waals surface area (Å²) < 4.78 is 24.6. The van der Waals surface area contributed by atoms with Crippen molar-refractivity contribution in [1.29, 1.82) is 0 Å². The molecule has 1 aliphatic rings. The van der Waals surface area contributed by atoms with E-state index in [0.29, 0.717) is 29.3 Å². The van der Waals surface area contributed by atoms with E-state index in [4.69, 9.17) is 21.1 Å². The fourth-order valence-electron chi connectivity index (χ4n) is 3.69. The van der Waals surface area contributed by atoms with E-state index in [2.05, 4.69) is 10.3 Å². The van der Waals surface area contributed by atoms with Gasteiger partial charge in [-0.25, -0.2) is 4.39 Å². The van der Waals surface area contributed by atoms with Crippen LogP contribution in [0.5, 0.6) is 5.75 Å². The minimum absolute atomic E-state index is 0.207. The number of fused-ring (bicyclic) bond motifs is 1. The van der Waals surface area contributed by atoms with Crippen LogP contribution in [0.15, 0.2) is 54.9 Å². The first-order valence-electron chi connectivity index (χ1n) is 9.67. The number of ether oxygens (including phenoxy) is 2. The highest BCUT2D eigenvalue weighted by Crippen LogP contribution is 2.39. The lowest BCUT2D eigenvalue weighted by molar-refractivity contribution is -0.0764. The van der Waals surface area contributed by atoms with Crippen LogP contribution in [-0.4, -0.2) is 30.4 Å². The maximum atomic E-state index is 13.7. The van der Waals surface area contributed by atoms with Crippen LogP contribution < -0.4 is 10.1 Å². The first-order valence-corrected chi connectivity index (χ1v) is 10.1. The van der Waals surface area contributed by atoms with Gasteiger partial charge < -0.3 is 19.9 Å². The second kappa shape index (κ2) is 9.00. The molecule has 1 aromatic heterocycles. The number of nitrogens with one attached hydrogen (secondary N) is 1. The van der Waals surface area contributed by atoms with Crippen LogP contribution in [0.1, 0.15) is 29.8 Å². The lowest BCUT2D eigenvalue weighted by atomic mass is 9.91. The van der Waals surface area contributed by atoms with Crippen molar-refractivity contribution in [3.63, 3.8) is 0 Å². The SMILES string of the molecule is COC(O)c1ccncc1NC[C@@H]1CCOc2cc(-c3cc(F)ccc3Cl)ccc21. The van der Waals surface area contributed by atoms with Gasteiger partial charge in [-0.05, 0) is 47.9 Å². The number of pyridine rings is 1. The summed E-state index contributed by atoms with van der Waals surface area (Å²) >= 11 is 6.26. The van der Waals surface area contributed by atoms with Crippen molar-refractivity contribution in [3.05, 3.63) is 76.8 Å². The molecule has 30 heavy (non-hydrogen) atoms. The van der Waals surface area contributed by atoms with E-state index in [9.17, 15) is 9.50 Å². The number of anilines is 1. The molecular formula is C23H22ClFN2O3. The number of rotatable bonds is 6. The fraction of sp³-hybridized carbons (Fsp3) is 0.261. The number of methoxy groups -OCH3 is 1. The molecule has 156 valence electrons. The van der Waals surface area contributed by atoms with Gasteiger partial charge in [0.25, 0.3) is 0 Å². The lowest BCUT2D eigenvalue weighted by Crippen LogP contribution is -2.21. The number of hydrogen-bond donors (Lipinski definition) is 2. The van der Waals surface area contributed by atoms with Gasteiger partial charge in [-0.2, -0.15) is 0 Å². The fourth-order valence-corrected chi connectivity index (χ4v) is 3.92. The van der Waals surface area contributed by atoms with Crippen LogP contribution in [0.2, 0.25) is 5.02 Å². The quantitative estimate of drug-likeness (QED) is 0.531. The standard InChI is InChI=1S/C23H22ClFN2O3/c1-29-23(28)18-6-8-26-13-21(18)27-12-15-7-9-30-22-10-14(2-4-17(15)22)19-11-16(25)3-5-20(19)24/h2-6,8,10-11,13,15,23,27-28H,7,9,12H2,1H3/t15-,23?/m0/s1. The minimum atomic E-state index is -1.02. The first kappa shape index (κ1) is 20.6. The van der Waals surface area contributed by atoms with E-state index in [-0.39, 0.29) is 11.7 Å². The van der Waals surface area contributed by atoms with E-state index >= 15 is 0 Å². The van der Waals surface area contributed by atoms with Gasteiger partial charge in [0.1, 0.15) is 11.6 Å². The van der Waals surface area contributed by atoms with Crippen molar-refractivity contribution in [2.24, 2.45) is 0 Å². The summed E-state index contributed by atoms with van der Waals surface area (Å²) in [5.74, 6) is 0.647. The molecule has 0 spiro atoms. The minimum Gasteiger partial charge on any atom is -0.493 e. The number of benzene rings is 2. The Bertz CT molecular complexity index is 1050. The van der Waals surface area contributed by atoms with Gasteiger partial charge in [0.05, 0.1) is 18.5 Å². The molecule has 3 aromatic rings. The average Bonchev–Trinajstić information content (AvgIpc) is 2.78. The van der Waals surface area contributed by atoms with Gasteiger partial charge in [-0.1, -0.05) is 23.7 Å². The Balaban J connectivity index is 1.56. The monoisotopic (exact) mass is 428 g/mol. The Morgan fingerprint density at radius 3 is 3.00 bits per heavy atom. The largest absolute Gasteiger partial charge is 0.493 e. The van der Waals surface area contributed by atoms with Gasteiger partial charge in [0.2, 0.25) is 0 Å². The van der Waals surface area contributed by atoms with Crippen LogP contribution in [0.3, 0.4) is 0 Å². The number of aliphatic hydroxyl groups is 1. The van der Waals surface area contributed by atoms with Crippen LogP contribution >= 0.6 is 11.6 Å². The molecule has 2 heterocycles. The van der Waals surface area contributed by atoms with Crippen molar-refractivity contribution in [1.82, 2.24) is 4.98 Å². The molecule has 0 bridgehead atoms. The van der Waals surface area contributed by atoms with Crippen LogP contribution in [-0.2, 0) is 4.74 Å². The van der Waals surface area contributed by atoms with Crippen LogP contribution in [0, 0.1) is 5.82 Å². The van der Waals surface area contributed by atoms with Gasteiger partial charge >= 0.3 is 0 Å². The number of nitrogens with zero attached hydrogens (tertiary/aromatic N) is 1. The molecule has 2 aromatic carbocycles. The van der Waals surface area contributed by atoms with Crippen molar-refractivity contribution >= 4 is 17.3 Å². The van der Waals surface area contributed by atoms with Gasteiger partial charge in [-0.15, -0.1) is 0 Å². The number of halogens is 2. The maximum absolute atomic E-state index is 13.7. The third-order valence-corrected chi connectivity index (χ3v) is 5.63. The van der Waals surface area contributed by atoms with E-state index in [1.165, 1.54) is 19.2 Å². The zero-order valence-corrected chi connectivity index (χ0v) is 17.2.